The molecule has 1 aliphatic rings. The minimum atomic E-state index is -0.950. The van der Waals surface area contributed by atoms with E-state index in [4.69, 9.17) is 4.74 Å². The van der Waals surface area contributed by atoms with Crippen LogP contribution in [0.5, 0.6) is 5.75 Å². The molecule has 0 bridgehead atoms. The summed E-state index contributed by atoms with van der Waals surface area (Å²) >= 11 is 0. The first kappa shape index (κ1) is 17.7. The Hall–Kier alpha value is -3.16. The van der Waals surface area contributed by atoms with Crippen LogP contribution in [-0.2, 0) is 0 Å². The predicted molar refractivity (Wildman–Crippen MR) is 94.2 cm³/mol. The Kier molecular flexibility index (Phi) is 5.01. The van der Waals surface area contributed by atoms with E-state index in [1.54, 1.807) is 12.0 Å². The van der Waals surface area contributed by atoms with Gasteiger partial charge in [-0.3, -0.25) is 14.9 Å². The average molecular weight is 359 g/mol. The molecule has 7 nitrogen and oxygen atoms in total. The molecule has 0 radical (unpaired) electrons. The number of piperazine rings is 1. The Morgan fingerprint density at radius 1 is 1.15 bits per heavy atom. The molecule has 1 heterocycles. The molecule has 136 valence electrons. The quantitative estimate of drug-likeness (QED) is 0.620. The van der Waals surface area contributed by atoms with Crippen LogP contribution in [0, 0.1) is 15.9 Å². The molecule has 0 saturated carbocycles. The number of hydrogen-bond acceptors (Lipinski definition) is 5. The van der Waals surface area contributed by atoms with Crippen LogP contribution < -0.4 is 9.64 Å². The van der Waals surface area contributed by atoms with E-state index in [-0.39, 0.29) is 11.5 Å². The van der Waals surface area contributed by atoms with Crippen molar-refractivity contribution in [2.45, 2.75) is 0 Å². The maximum absolute atomic E-state index is 13.4. The molecule has 0 aromatic heterocycles. The summed E-state index contributed by atoms with van der Waals surface area (Å²) in [6, 6.07) is 10.9. The molecule has 8 heteroatoms. The number of nitro groups is 1. The van der Waals surface area contributed by atoms with Gasteiger partial charge in [-0.15, -0.1) is 0 Å². The van der Waals surface area contributed by atoms with E-state index in [1.807, 2.05) is 24.3 Å². The van der Waals surface area contributed by atoms with Crippen LogP contribution in [0.3, 0.4) is 0 Å². The molecule has 0 unspecified atom stereocenters. The first-order valence-corrected chi connectivity index (χ1v) is 8.12. The molecular weight excluding hydrogens is 341 g/mol. The van der Waals surface area contributed by atoms with Crippen LogP contribution in [0.25, 0.3) is 0 Å². The number of nitro benzene ring substituents is 1. The molecule has 0 N–H and O–H groups in total. The lowest BCUT2D eigenvalue weighted by atomic mass is 10.1. The summed E-state index contributed by atoms with van der Waals surface area (Å²) in [7, 11) is 1.61. The van der Waals surface area contributed by atoms with Crippen molar-refractivity contribution in [2.75, 3.05) is 38.2 Å². The molecule has 2 aromatic carbocycles. The van der Waals surface area contributed by atoms with Gasteiger partial charge >= 0.3 is 5.69 Å². The van der Waals surface area contributed by atoms with Crippen LogP contribution in [0.1, 0.15) is 10.4 Å². The predicted octanol–water partition coefficient (Wildman–Crippen LogP) is 2.70. The monoisotopic (exact) mass is 359 g/mol. The van der Waals surface area contributed by atoms with Crippen molar-refractivity contribution in [3.8, 4) is 5.75 Å². The molecule has 1 aliphatic heterocycles. The Morgan fingerprint density at radius 3 is 2.54 bits per heavy atom. The van der Waals surface area contributed by atoms with Crippen molar-refractivity contribution in [3.63, 3.8) is 0 Å². The van der Waals surface area contributed by atoms with Crippen LogP contribution in [0.4, 0.5) is 15.8 Å². The van der Waals surface area contributed by atoms with Gasteiger partial charge in [0.05, 0.1) is 12.0 Å². The number of benzene rings is 2. The van der Waals surface area contributed by atoms with Crippen LogP contribution in [0.15, 0.2) is 42.5 Å². The molecule has 0 aliphatic carbocycles. The number of hydrogen-bond donors (Lipinski definition) is 0. The van der Waals surface area contributed by atoms with Crippen molar-refractivity contribution in [3.05, 3.63) is 64.0 Å². The Balaban J connectivity index is 1.69. The summed E-state index contributed by atoms with van der Waals surface area (Å²) in [5.74, 6) is -0.521. The summed E-state index contributed by atoms with van der Waals surface area (Å²) < 4.78 is 18.7. The first-order chi connectivity index (χ1) is 12.5. The van der Waals surface area contributed by atoms with Crippen LogP contribution in [-0.4, -0.2) is 49.0 Å². The van der Waals surface area contributed by atoms with E-state index in [9.17, 15) is 19.3 Å². The Morgan fingerprint density at radius 2 is 1.88 bits per heavy atom. The van der Waals surface area contributed by atoms with E-state index in [1.165, 1.54) is 6.07 Å². The summed E-state index contributed by atoms with van der Waals surface area (Å²) in [6.07, 6.45) is 0. The van der Waals surface area contributed by atoms with Crippen molar-refractivity contribution >= 4 is 17.3 Å². The number of halogens is 1. The first-order valence-electron chi connectivity index (χ1n) is 8.12. The smallest absolute Gasteiger partial charge is 0.305 e. The average Bonchev–Trinajstić information content (AvgIpc) is 2.67. The van der Waals surface area contributed by atoms with E-state index in [0.29, 0.717) is 26.2 Å². The number of nitrogens with zero attached hydrogens (tertiary/aromatic N) is 3. The fourth-order valence-electron chi connectivity index (χ4n) is 2.94. The third kappa shape index (κ3) is 3.58. The SMILES string of the molecule is COc1cccc(N2CCN(C(=O)c3ccc(F)c([N+](=O)[O-])c3)CC2)c1. The number of carbonyl (C=O) groups excluding carboxylic acids is 1. The lowest BCUT2D eigenvalue weighted by molar-refractivity contribution is -0.387. The maximum Gasteiger partial charge on any atom is 0.305 e. The highest BCUT2D eigenvalue weighted by Crippen LogP contribution is 2.23. The van der Waals surface area contributed by atoms with Crippen LogP contribution in [0.2, 0.25) is 0 Å². The van der Waals surface area contributed by atoms with E-state index < -0.39 is 16.4 Å². The van der Waals surface area contributed by atoms with Gasteiger partial charge in [0.2, 0.25) is 5.82 Å². The van der Waals surface area contributed by atoms with Gasteiger partial charge in [0.15, 0.2) is 0 Å². The topological polar surface area (TPSA) is 75.9 Å². The number of rotatable bonds is 4. The minimum absolute atomic E-state index is 0.118. The van der Waals surface area contributed by atoms with E-state index in [0.717, 1.165) is 23.6 Å². The van der Waals surface area contributed by atoms with Gasteiger partial charge in [0.25, 0.3) is 5.91 Å². The number of anilines is 1. The highest BCUT2D eigenvalue weighted by molar-refractivity contribution is 5.95. The standard InChI is InChI=1S/C18H18FN3O4/c1-26-15-4-2-3-14(12-15)20-7-9-21(10-8-20)18(23)13-5-6-16(19)17(11-13)22(24)25/h2-6,11-12H,7-10H2,1H3. The van der Waals surface area contributed by atoms with Crippen molar-refractivity contribution in [2.24, 2.45) is 0 Å². The number of ether oxygens (including phenoxy) is 1. The number of amides is 1. The van der Waals surface area contributed by atoms with Gasteiger partial charge in [-0.1, -0.05) is 6.07 Å². The van der Waals surface area contributed by atoms with E-state index in [2.05, 4.69) is 4.90 Å². The summed E-state index contributed by atoms with van der Waals surface area (Å²) in [6.45, 7) is 2.20. The highest BCUT2D eigenvalue weighted by Gasteiger charge is 2.25. The van der Waals surface area contributed by atoms with Crippen LogP contribution >= 0.6 is 0 Å². The molecule has 3 rings (SSSR count). The molecular formula is C18H18FN3O4. The summed E-state index contributed by atoms with van der Waals surface area (Å²) in [5.41, 5.74) is 0.438. The lowest BCUT2D eigenvalue weighted by Crippen LogP contribution is -2.48. The largest absolute Gasteiger partial charge is 0.497 e. The zero-order valence-corrected chi connectivity index (χ0v) is 14.2. The molecule has 1 amide bonds. The summed E-state index contributed by atoms with van der Waals surface area (Å²) in [4.78, 5) is 26.4. The molecule has 0 spiro atoms. The lowest BCUT2D eigenvalue weighted by Gasteiger charge is -2.36. The Bertz CT molecular complexity index is 835. The molecule has 1 fully saturated rings. The van der Waals surface area contributed by atoms with Crippen molar-refractivity contribution in [1.29, 1.82) is 0 Å². The zero-order valence-electron chi connectivity index (χ0n) is 14.2. The van der Waals surface area contributed by atoms with Gasteiger partial charge in [-0.25, -0.2) is 0 Å². The van der Waals surface area contributed by atoms with Crippen molar-refractivity contribution < 1.29 is 18.8 Å². The second-order valence-electron chi connectivity index (χ2n) is 5.90. The second kappa shape index (κ2) is 7.38. The second-order valence-corrected chi connectivity index (χ2v) is 5.90. The molecule has 26 heavy (non-hydrogen) atoms. The number of carbonyl (C=O) groups is 1. The van der Waals surface area contributed by atoms with Gasteiger partial charge in [0.1, 0.15) is 5.75 Å². The third-order valence-electron chi connectivity index (χ3n) is 4.38. The molecule has 0 atom stereocenters. The molecule has 2 aromatic rings. The number of methoxy groups -OCH3 is 1. The minimum Gasteiger partial charge on any atom is -0.497 e. The highest BCUT2D eigenvalue weighted by atomic mass is 19.1. The van der Waals surface area contributed by atoms with Gasteiger partial charge in [-0.05, 0) is 24.3 Å². The third-order valence-corrected chi connectivity index (χ3v) is 4.38. The normalized spacial score (nSPS) is 14.2. The fraction of sp³-hybridized carbons (Fsp3) is 0.278. The summed E-state index contributed by atoms with van der Waals surface area (Å²) in [5, 5.41) is 10.8. The molecule has 1 saturated heterocycles. The van der Waals surface area contributed by atoms with Gasteiger partial charge in [0, 0.05) is 49.6 Å². The zero-order chi connectivity index (χ0) is 18.7. The van der Waals surface area contributed by atoms with Gasteiger partial charge < -0.3 is 14.5 Å². The van der Waals surface area contributed by atoms with Crippen molar-refractivity contribution in [1.82, 2.24) is 4.90 Å². The van der Waals surface area contributed by atoms with Gasteiger partial charge in [-0.2, -0.15) is 4.39 Å². The maximum atomic E-state index is 13.4. The van der Waals surface area contributed by atoms with E-state index >= 15 is 0 Å². The Labute approximate surface area is 149 Å². The fourth-order valence-corrected chi connectivity index (χ4v) is 2.94.